The van der Waals surface area contributed by atoms with Gasteiger partial charge in [0.15, 0.2) is 0 Å². The Labute approximate surface area is 123 Å². The number of nitrogens with two attached hydrogens (primary N) is 1. The lowest BCUT2D eigenvalue weighted by atomic mass is 9.94. The summed E-state index contributed by atoms with van der Waals surface area (Å²) in [6.45, 7) is 6.82. The molecule has 0 aliphatic heterocycles. The summed E-state index contributed by atoms with van der Waals surface area (Å²) in [4.78, 5) is 0. The number of hydrogen-bond acceptors (Lipinski definition) is 4. The zero-order valence-electron chi connectivity index (χ0n) is 13.0. The van der Waals surface area contributed by atoms with Gasteiger partial charge in [0.25, 0.3) is 0 Å². The van der Waals surface area contributed by atoms with Gasteiger partial charge in [0.05, 0.1) is 11.9 Å². The molecule has 5 nitrogen and oxygen atoms in total. The molecule has 1 saturated carbocycles. The van der Waals surface area contributed by atoms with Gasteiger partial charge in [-0.2, -0.15) is 0 Å². The highest BCUT2D eigenvalue weighted by Crippen LogP contribution is 2.19. The summed E-state index contributed by atoms with van der Waals surface area (Å²) in [5.41, 5.74) is 5.62. The quantitative estimate of drug-likeness (QED) is 0.700. The van der Waals surface area contributed by atoms with E-state index < -0.39 is 10.0 Å². The highest BCUT2D eigenvalue weighted by atomic mass is 32.2. The Kier molecular flexibility index (Phi) is 6.91. The molecule has 0 aromatic rings. The van der Waals surface area contributed by atoms with E-state index in [0.29, 0.717) is 31.7 Å². The third-order valence-corrected chi connectivity index (χ3v) is 5.23. The second-order valence-corrected chi connectivity index (χ2v) is 8.78. The minimum Gasteiger partial charge on any atom is -0.378 e. The minimum atomic E-state index is -3.17. The zero-order chi connectivity index (χ0) is 15.2. The van der Waals surface area contributed by atoms with E-state index in [0.717, 1.165) is 25.7 Å². The maximum Gasteiger partial charge on any atom is 0.212 e. The van der Waals surface area contributed by atoms with Crippen LogP contribution in [0.15, 0.2) is 0 Å². The molecule has 0 amide bonds. The molecule has 0 aromatic heterocycles. The van der Waals surface area contributed by atoms with Gasteiger partial charge in [-0.1, -0.05) is 20.8 Å². The molecule has 1 aliphatic rings. The van der Waals surface area contributed by atoms with E-state index in [1.807, 2.05) is 20.8 Å². The van der Waals surface area contributed by atoms with E-state index in [1.165, 1.54) is 0 Å². The van der Waals surface area contributed by atoms with Gasteiger partial charge in [-0.3, -0.25) is 0 Å². The van der Waals surface area contributed by atoms with Gasteiger partial charge in [-0.25, -0.2) is 13.1 Å². The number of nitrogens with one attached hydrogen (secondary N) is 1. The van der Waals surface area contributed by atoms with E-state index in [1.54, 1.807) is 0 Å². The average molecular weight is 306 g/mol. The van der Waals surface area contributed by atoms with Crippen LogP contribution < -0.4 is 10.5 Å². The van der Waals surface area contributed by atoms with Gasteiger partial charge in [0, 0.05) is 19.2 Å². The van der Waals surface area contributed by atoms with Crippen molar-refractivity contribution in [2.75, 3.05) is 18.9 Å². The maximum absolute atomic E-state index is 11.8. The smallest absolute Gasteiger partial charge is 0.212 e. The van der Waals surface area contributed by atoms with Crippen LogP contribution in [0.25, 0.3) is 0 Å². The molecule has 20 heavy (non-hydrogen) atoms. The van der Waals surface area contributed by atoms with Gasteiger partial charge in [-0.15, -0.1) is 0 Å². The molecular formula is C14H30N2O3S. The summed E-state index contributed by atoms with van der Waals surface area (Å²) in [6.07, 6.45) is 5.13. The Morgan fingerprint density at radius 2 is 1.80 bits per heavy atom. The van der Waals surface area contributed by atoms with Crippen LogP contribution in [0.3, 0.4) is 0 Å². The van der Waals surface area contributed by atoms with E-state index in [4.69, 9.17) is 10.5 Å². The summed E-state index contributed by atoms with van der Waals surface area (Å²) in [5, 5.41) is 0. The molecule has 0 spiro atoms. The molecule has 0 unspecified atom stereocenters. The standard InChI is InChI=1S/C14H30N2O3S/c1-14(2,3)11-20(17,18)16-9-4-10-19-13-7-5-12(15)6-8-13/h12-13,16H,4-11,15H2,1-3H3. The van der Waals surface area contributed by atoms with Gasteiger partial charge in [0.2, 0.25) is 10.0 Å². The van der Waals surface area contributed by atoms with Crippen molar-refractivity contribution in [2.45, 2.75) is 65.0 Å². The molecule has 6 heteroatoms. The average Bonchev–Trinajstić information content (AvgIpc) is 2.28. The minimum absolute atomic E-state index is 0.154. The molecule has 1 fully saturated rings. The lowest BCUT2D eigenvalue weighted by Gasteiger charge is -2.26. The molecule has 1 rings (SSSR count). The molecule has 0 heterocycles. The van der Waals surface area contributed by atoms with E-state index >= 15 is 0 Å². The Bertz CT molecular complexity index is 368. The normalized spacial score (nSPS) is 24.8. The van der Waals surface area contributed by atoms with Gasteiger partial charge in [0.1, 0.15) is 0 Å². The third kappa shape index (κ3) is 8.19. The molecule has 1 aliphatic carbocycles. The first-order valence-electron chi connectivity index (χ1n) is 7.52. The SMILES string of the molecule is CC(C)(C)CS(=O)(=O)NCCCOC1CCC(N)CC1. The Hall–Kier alpha value is -0.170. The maximum atomic E-state index is 11.8. The van der Waals surface area contributed by atoms with Crippen molar-refractivity contribution in [2.24, 2.45) is 11.1 Å². The molecule has 0 atom stereocenters. The van der Waals surface area contributed by atoms with Crippen LogP contribution in [-0.4, -0.2) is 39.5 Å². The fourth-order valence-corrected chi connectivity index (χ4v) is 4.12. The number of rotatable bonds is 7. The van der Waals surface area contributed by atoms with Gasteiger partial charge < -0.3 is 10.5 Å². The highest BCUT2D eigenvalue weighted by molar-refractivity contribution is 7.89. The van der Waals surface area contributed by atoms with E-state index in [2.05, 4.69) is 4.72 Å². The Morgan fingerprint density at radius 3 is 2.35 bits per heavy atom. The fourth-order valence-electron chi connectivity index (χ4n) is 2.43. The first kappa shape index (κ1) is 17.9. The lowest BCUT2D eigenvalue weighted by molar-refractivity contribution is 0.0245. The van der Waals surface area contributed by atoms with Crippen LogP contribution in [0, 0.1) is 5.41 Å². The topological polar surface area (TPSA) is 81.4 Å². The summed E-state index contributed by atoms with van der Waals surface area (Å²) in [6, 6.07) is 0.332. The molecule has 0 radical (unpaired) electrons. The zero-order valence-corrected chi connectivity index (χ0v) is 13.8. The molecule has 0 saturated heterocycles. The largest absolute Gasteiger partial charge is 0.378 e. The van der Waals surface area contributed by atoms with Crippen molar-refractivity contribution in [1.29, 1.82) is 0 Å². The highest BCUT2D eigenvalue weighted by Gasteiger charge is 2.21. The molecule has 0 bridgehead atoms. The van der Waals surface area contributed by atoms with Gasteiger partial charge in [-0.05, 0) is 37.5 Å². The van der Waals surface area contributed by atoms with Crippen LogP contribution in [0.1, 0.15) is 52.9 Å². The Balaban J connectivity index is 2.10. The predicted octanol–water partition coefficient (Wildman–Crippen LogP) is 1.63. The second-order valence-electron chi connectivity index (χ2n) is 6.98. The third-order valence-electron chi connectivity index (χ3n) is 3.34. The molecule has 120 valence electrons. The predicted molar refractivity (Wildman–Crippen MR) is 82.0 cm³/mol. The monoisotopic (exact) mass is 306 g/mol. The fraction of sp³-hybridized carbons (Fsp3) is 1.00. The summed E-state index contributed by atoms with van der Waals surface area (Å²) in [7, 11) is -3.17. The van der Waals surface area contributed by atoms with Crippen molar-refractivity contribution in [1.82, 2.24) is 4.72 Å². The molecule has 3 N–H and O–H groups in total. The summed E-state index contributed by atoms with van der Waals surface area (Å²) >= 11 is 0. The van der Waals surface area contributed by atoms with Crippen LogP contribution in [-0.2, 0) is 14.8 Å². The van der Waals surface area contributed by atoms with E-state index in [9.17, 15) is 8.42 Å². The molecular weight excluding hydrogens is 276 g/mol. The van der Waals surface area contributed by atoms with Crippen molar-refractivity contribution in [3.05, 3.63) is 0 Å². The van der Waals surface area contributed by atoms with Crippen LogP contribution in [0.2, 0.25) is 0 Å². The van der Waals surface area contributed by atoms with Crippen LogP contribution in [0.5, 0.6) is 0 Å². The van der Waals surface area contributed by atoms with Crippen molar-refractivity contribution >= 4 is 10.0 Å². The van der Waals surface area contributed by atoms with Gasteiger partial charge >= 0.3 is 0 Å². The number of sulfonamides is 1. The van der Waals surface area contributed by atoms with Crippen LogP contribution in [0.4, 0.5) is 0 Å². The van der Waals surface area contributed by atoms with Crippen molar-refractivity contribution in [3.63, 3.8) is 0 Å². The first-order valence-corrected chi connectivity index (χ1v) is 9.18. The van der Waals surface area contributed by atoms with Crippen molar-refractivity contribution in [3.8, 4) is 0 Å². The van der Waals surface area contributed by atoms with Crippen LogP contribution >= 0.6 is 0 Å². The number of ether oxygens (including phenoxy) is 1. The first-order chi connectivity index (χ1) is 9.18. The summed E-state index contributed by atoms with van der Waals surface area (Å²) in [5.74, 6) is 0.154. The number of hydrogen-bond donors (Lipinski definition) is 2. The summed E-state index contributed by atoms with van der Waals surface area (Å²) < 4.78 is 32.0. The second kappa shape index (κ2) is 7.73. The lowest BCUT2D eigenvalue weighted by Crippen LogP contribution is -2.34. The molecule has 0 aromatic carbocycles. The Morgan fingerprint density at radius 1 is 1.20 bits per heavy atom. The van der Waals surface area contributed by atoms with Crippen molar-refractivity contribution < 1.29 is 13.2 Å². The van der Waals surface area contributed by atoms with E-state index in [-0.39, 0.29) is 11.2 Å².